The summed E-state index contributed by atoms with van der Waals surface area (Å²) in [5.41, 5.74) is 4.64. The Bertz CT molecular complexity index is 1230. The van der Waals surface area contributed by atoms with E-state index in [1.54, 1.807) is 29.8 Å². The normalized spacial score (nSPS) is 21.8. The van der Waals surface area contributed by atoms with Gasteiger partial charge in [0.1, 0.15) is 11.4 Å². The van der Waals surface area contributed by atoms with E-state index >= 15 is 0 Å². The van der Waals surface area contributed by atoms with E-state index in [-0.39, 0.29) is 11.8 Å². The number of rotatable bonds is 4. The first kappa shape index (κ1) is 20.5. The summed E-state index contributed by atoms with van der Waals surface area (Å²) in [5, 5.41) is 9.83. The highest BCUT2D eigenvalue weighted by atomic mass is 16.5. The number of aromatic amines is 1. The van der Waals surface area contributed by atoms with Crippen LogP contribution in [0, 0.1) is 0 Å². The maximum absolute atomic E-state index is 13.0. The molecule has 0 radical (unpaired) electrons. The van der Waals surface area contributed by atoms with E-state index in [0.717, 1.165) is 18.5 Å². The summed E-state index contributed by atoms with van der Waals surface area (Å²) in [6.07, 6.45) is 5.96. The fourth-order valence-electron chi connectivity index (χ4n) is 4.89. The Morgan fingerprint density at radius 3 is 3.00 bits per heavy atom. The Morgan fingerprint density at radius 2 is 2.16 bits per heavy atom. The monoisotopic (exact) mass is 431 g/mol. The SMILES string of the molecule is CC(c1c[nH]c2ccccc12)N1CCC2(CC(=O)c3cc(/C=C/C(=O)NO)ccc3O2)C1. The molecule has 1 spiro atoms. The van der Waals surface area contributed by atoms with E-state index in [4.69, 9.17) is 9.94 Å². The fourth-order valence-corrected chi connectivity index (χ4v) is 4.89. The first-order valence-corrected chi connectivity index (χ1v) is 10.8. The standard InChI is InChI=1S/C25H25N3O4/c1-16(20-14-26-21-5-3-2-4-18(20)21)28-11-10-25(15-28)13-22(29)19-12-17(6-8-23(19)32-25)7-9-24(30)27-31/h2-9,12,14,16,26,31H,10-11,13,15H2,1H3,(H,27,30)/b9-7+. The third-order valence-corrected chi connectivity index (χ3v) is 6.62. The molecule has 1 aromatic heterocycles. The van der Waals surface area contributed by atoms with E-state index < -0.39 is 11.5 Å². The van der Waals surface area contributed by atoms with Crippen LogP contribution < -0.4 is 10.2 Å². The number of Topliss-reactive ketones (excluding diaryl/α,β-unsaturated/α-hetero) is 1. The van der Waals surface area contributed by atoms with Crippen molar-refractivity contribution in [3.8, 4) is 5.75 Å². The maximum Gasteiger partial charge on any atom is 0.267 e. The largest absolute Gasteiger partial charge is 0.485 e. The first-order valence-electron chi connectivity index (χ1n) is 10.8. The van der Waals surface area contributed by atoms with Crippen molar-refractivity contribution in [2.75, 3.05) is 13.1 Å². The molecule has 0 aliphatic carbocycles. The number of ketones is 1. The molecule has 5 rings (SSSR count). The number of H-pyrrole nitrogens is 1. The Balaban J connectivity index is 1.35. The summed E-state index contributed by atoms with van der Waals surface area (Å²) >= 11 is 0. The summed E-state index contributed by atoms with van der Waals surface area (Å²) in [5.74, 6) is 0.0148. The molecule has 1 saturated heterocycles. The van der Waals surface area contributed by atoms with Crippen molar-refractivity contribution >= 4 is 28.7 Å². The number of fused-ring (bicyclic) bond motifs is 2. The predicted octanol–water partition coefficient (Wildman–Crippen LogP) is 3.86. The molecule has 7 nitrogen and oxygen atoms in total. The maximum atomic E-state index is 13.0. The average Bonchev–Trinajstić information content (AvgIpc) is 3.42. The number of ether oxygens (including phenoxy) is 1. The van der Waals surface area contributed by atoms with Crippen molar-refractivity contribution in [3.63, 3.8) is 0 Å². The van der Waals surface area contributed by atoms with Gasteiger partial charge in [-0.2, -0.15) is 0 Å². The molecule has 2 aliphatic rings. The van der Waals surface area contributed by atoms with Gasteiger partial charge in [0, 0.05) is 48.7 Å². The van der Waals surface area contributed by atoms with Gasteiger partial charge in [-0.1, -0.05) is 24.3 Å². The second kappa shape index (κ2) is 7.93. The number of likely N-dealkylation sites (tertiary alicyclic amines) is 1. The molecule has 7 heteroatoms. The topological polar surface area (TPSA) is 94.7 Å². The van der Waals surface area contributed by atoms with Gasteiger partial charge in [-0.15, -0.1) is 0 Å². The van der Waals surface area contributed by atoms with Gasteiger partial charge in [-0.05, 0) is 42.3 Å². The number of hydrogen-bond acceptors (Lipinski definition) is 5. The zero-order valence-corrected chi connectivity index (χ0v) is 17.8. The van der Waals surface area contributed by atoms with Gasteiger partial charge in [0.05, 0.1) is 12.0 Å². The lowest BCUT2D eigenvalue weighted by molar-refractivity contribution is -0.124. The van der Waals surface area contributed by atoms with Gasteiger partial charge in [0.25, 0.3) is 5.91 Å². The van der Waals surface area contributed by atoms with E-state index in [2.05, 4.69) is 41.2 Å². The molecule has 1 fully saturated rings. The van der Waals surface area contributed by atoms with Crippen LogP contribution in [0.15, 0.2) is 54.7 Å². The highest BCUT2D eigenvalue weighted by molar-refractivity contribution is 6.01. The van der Waals surface area contributed by atoms with E-state index in [1.165, 1.54) is 17.0 Å². The minimum Gasteiger partial charge on any atom is -0.485 e. The number of hydroxylamine groups is 1. The van der Waals surface area contributed by atoms with Crippen molar-refractivity contribution < 1.29 is 19.5 Å². The van der Waals surface area contributed by atoms with Crippen molar-refractivity contribution in [2.24, 2.45) is 0 Å². The van der Waals surface area contributed by atoms with Gasteiger partial charge in [-0.3, -0.25) is 19.7 Å². The number of carbonyl (C=O) groups is 2. The number of nitrogens with one attached hydrogen (secondary N) is 2. The van der Waals surface area contributed by atoms with Crippen LogP contribution in [-0.4, -0.2) is 45.5 Å². The van der Waals surface area contributed by atoms with Crippen molar-refractivity contribution in [1.82, 2.24) is 15.4 Å². The fraction of sp³-hybridized carbons (Fsp3) is 0.280. The number of amides is 1. The summed E-state index contributed by atoms with van der Waals surface area (Å²) in [6, 6.07) is 13.8. The molecule has 2 aromatic carbocycles. The van der Waals surface area contributed by atoms with E-state index in [0.29, 0.717) is 29.8 Å². The molecular formula is C25H25N3O4. The number of hydrogen-bond donors (Lipinski definition) is 3. The lowest BCUT2D eigenvalue weighted by atomic mass is 9.88. The molecule has 1 amide bonds. The van der Waals surface area contributed by atoms with Gasteiger partial charge in [0.15, 0.2) is 5.78 Å². The second-order valence-corrected chi connectivity index (χ2v) is 8.64. The van der Waals surface area contributed by atoms with Crippen molar-refractivity contribution in [2.45, 2.75) is 31.4 Å². The average molecular weight is 431 g/mol. The van der Waals surface area contributed by atoms with E-state index in [1.807, 2.05) is 6.07 Å². The smallest absolute Gasteiger partial charge is 0.267 e. The number of aromatic nitrogens is 1. The van der Waals surface area contributed by atoms with E-state index in [9.17, 15) is 9.59 Å². The van der Waals surface area contributed by atoms with Crippen LogP contribution in [0.25, 0.3) is 17.0 Å². The molecule has 2 unspecified atom stereocenters. The van der Waals surface area contributed by atoms with Crippen LogP contribution >= 0.6 is 0 Å². The Morgan fingerprint density at radius 1 is 1.31 bits per heavy atom. The van der Waals surface area contributed by atoms with Crippen LogP contribution in [0.3, 0.4) is 0 Å². The molecule has 2 atom stereocenters. The predicted molar refractivity (Wildman–Crippen MR) is 121 cm³/mol. The van der Waals surface area contributed by atoms with Gasteiger partial charge in [-0.25, -0.2) is 5.48 Å². The molecular weight excluding hydrogens is 406 g/mol. The molecule has 164 valence electrons. The summed E-state index contributed by atoms with van der Waals surface area (Å²) in [7, 11) is 0. The molecule has 0 bridgehead atoms. The third-order valence-electron chi connectivity index (χ3n) is 6.62. The Kier molecular flexibility index (Phi) is 5.07. The summed E-state index contributed by atoms with van der Waals surface area (Å²) in [4.78, 5) is 30.0. The molecule has 2 aliphatic heterocycles. The zero-order chi connectivity index (χ0) is 22.3. The lowest BCUT2D eigenvalue weighted by Crippen LogP contribution is -2.44. The number of para-hydroxylation sites is 1. The molecule has 3 heterocycles. The minimum absolute atomic E-state index is 0.0507. The Hall–Kier alpha value is -3.42. The molecule has 0 saturated carbocycles. The number of benzene rings is 2. The van der Waals surface area contributed by atoms with Crippen LogP contribution in [0.2, 0.25) is 0 Å². The highest BCUT2D eigenvalue weighted by Gasteiger charge is 2.47. The zero-order valence-electron chi connectivity index (χ0n) is 17.8. The first-order chi connectivity index (χ1) is 15.5. The highest BCUT2D eigenvalue weighted by Crippen LogP contribution is 2.42. The summed E-state index contributed by atoms with van der Waals surface area (Å²) in [6.45, 7) is 3.76. The van der Waals surface area contributed by atoms with Gasteiger partial charge in [0.2, 0.25) is 0 Å². The second-order valence-electron chi connectivity index (χ2n) is 8.64. The van der Waals surface area contributed by atoms with Gasteiger partial charge < -0.3 is 9.72 Å². The number of carbonyl (C=O) groups excluding carboxylic acids is 2. The minimum atomic E-state index is -0.625. The van der Waals surface area contributed by atoms with Crippen LogP contribution in [0.1, 0.15) is 47.3 Å². The summed E-state index contributed by atoms with van der Waals surface area (Å²) < 4.78 is 6.42. The number of nitrogens with zero attached hydrogens (tertiary/aromatic N) is 1. The van der Waals surface area contributed by atoms with Crippen LogP contribution in [-0.2, 0) is 4.79 Å². The van der Waals surface area contributed by atoms with Crippen molar-refractivity contribution in [1.29, 1.82) is 0 Å². The van der Waals surface area contributed by atoms with Gasteiger partial charge >= 0.3 is 0 Å². The quantitative estimate of drug-likeness (QED) is 0.331. The molecule has 3 aromatic rings. The van der Waals surface area contributed by atoms with Crippen LogP contribution in [0.4, 0.5) is 0 Å². The molecule has 32 heavy (non-hydrogen) atoms. The van der Waals surface area contributed by atoms with Crippen LogP contribution in [0.5, 0.6) is 5.75 Å². The lowest BCUT2D eigenvalue weighted by Gasteiger charge is -2.35. The van der Waals surface area contributed by atoms with Crippen molar-refractivity contribution in [3.05, 3.63) is 71.4 Å². The third kappa shape index (κ3) is 3.59. The molecule has 3 N–H and O–H groups in total. The Labute approximate surface area is 185 Å².